The molecule has 0 aliphatic rings. The Balaban J connectivity index is 3.05. The first-order chi connectivity index (χ1) is 13.7. The number of thioether (sulfide) groups is 1. The lowest BCUT2D eigenvalue weighted by molar-refractivity contribution is -0.124. The molecule has 0 atom stereocenters. The van der Waals surface area contributed by atoms with Gasteiger partial charge in [0.25, 0.3) is 5.91 Å². The van der Waals surface area contributed by atoms with Gasteiger partial charge in [-0.2, -0.15) is 0 Å². The van der Waals surface area contributed by atoms with E-state index in [1.54, 1.807) is 39.5 Å². The number of amides is 4. The Morgan fingerprint density at radius 3 is 2.45 bits per heavy atom. The lowest BCUT2D eigenvalue weighted by atomic mass is 10.3. The maximum Gasteiger partial charge on any atom is 0.320 e. The third-order valence-electron chi connectivity index (χ3n) is 3.34. The molecule has 29 heavy (non-hydrogen) atoms. The number of anilines is 1. The summed E-state index contributed by atoms with van der Waals surface area (Å²) in [5.74, 6) is -0.276. The number of carbonyl (C=O) groups excluding carboxylic acids is 3. The second kappa shape index (κ2) is 11.8. The minimum Gasteiger partial charge on any atom is -0.349 e. The van der Waals surface area contributed by atoms with Gasteiger partial charge in [0.2, 0.25) is 5.91 Å². The number of urea groups is 1. The molecule has 0 fully saturated rings. The van der Waals surface area contributed by atoms with Crippen LogP contribution in [-0.2, 0) is 9.59 Å². The fraction of sp³-hybridized carbons (Fsp3) is 0.421. The molecule has 0 spiro atoms. The number of likely N-dealkylation sites (N-methyl/N-ethyl adjacent to an activating group) is 1. The molecule has 1 heterocycles. The summed E-state index contributed by atoms with van der Waals surface area (Å²) in [6.45, 7) is 6.01. The predicted octanol–water partition coefficient (Wildman–Crippen LogP) is 1.83. The molecule has 0 radical (unpaired) electrons. The standard InChI is InChI=1S/C19H28N6O3S/c1-7-21-19(28)24-15-9-8-13(11-22-15)18(20-4)29-14(10-16(26)25(5)6)17(27)23-12(2)3/h8-12H,7H2,1-6H3,(H,23,27)(H2,21,22,24,28)/b14-10+,20-18?. The Morgan fingerprint density at radius 2 is 1.97 bits per heavy atom. The highest BCUT2D eigenvalue weighted by molar-refractivity contribution is 8.18. The van der Waals surface area contributed by atoms with E-state index in [1.165, 1.54) is 11.0 Å². The Kier molecular flexibility index (Phi) is 9.87. The zero-order chi connectivity index (χ0) is 22.0. The van der Waals surface area contributed by atoms with E-state index in [1.807, 2.05) is 20.8 Å². The van der Waals surface area contributed by atoms with Crippen molar-refractivity contribution in [3.63, 3.8) is 0 Å². The molecule has 1 rings (SSSR count). The van der Waals surface area contributed by atoms with Gasteiger partial charge in [-0.05, 0) is 32.9 Å². The van der Waals surface area contributed by atoms with E-state index in [0.717, 1.165) is 11.8 Å². The molecule has 0 bridgehead atoms. The zero-order valence-electron chi connectivity index (χ0n) is 17.6. The van der Waals surface area contributed by atoms with E-state index in [9.17, 15) is 14.4 Å². The van der Waals surface area contributed by atoms with Gasteiger partial charge >= 0.3 is 6.03 Å². The SMILES string of the molecule is CCNC(=O)Nc1ccc(C(=NC)S/C(=C/C(=O)N(C)C)C(=O)NC(C)C)cn1. The number of pyridine rings is 1. The average Bonchev–Trinajstić information content (AvgIpc) is 2.65. The van der Waals surface area contributed by atoms with Crippen LogP contribution in [0.15, 0.2) is 34.3 Å². The van der Waals surface area contributed by atoms with Crippen LogP contribution in [0, 0.1) is 0 Å². The molecule has 3 N–H and O–H groups in total. The normalized spacial score (nSPS) is 11.8. The molecule has 0 saturated carbocycles. The van der Waals surface area contributed by atoms with Gasteiger partial charge in [-0.15, -0.1) is 0 Å². The quantitative estimate of drug-likeness (QED) is 0.354. The maximum atomic E-state index is 12.5. The fourth-order valence-electron chi connectivity index (χ4n) is 1.97. The van der Waals surface area contributed by atoms with Gasteiger partial charge in [0, 0.05) is 51.6 Å². The second-order valence-corrected chi connectivity index (χ2v) is 7.45. The van der Waals surface area contributed by atoms with Crippen LogP contribution in [-0.4, -0.2) is 66.5 Å². The van der Waals surface area contributed by atoms with Crippen molar-refractivity contribution in [1.29, 1.82) is 0 Å². The molecule has 9 nitrogen and oxygen atoms in total. The summed E-state index contributed by atoms with van der Waals surface area (Å²) in [6.07, 6.45) is 2.83. The summed E-state index contributed by atoms with van der Waals surface area (Å²) < 4.78 is 0. The van der Waals surface area contributed by atoms with Crippen molar-refractivity contribution in [2.45, 2.75) is 26.8 Å². The maximum absolute atomic E-state index is 12.5. The van der Waals surface area contributed by atoms with E-state index in [4.69, 9.17) is 0 Å². The molecule has 0 aromatic carbocycles. The monoisotopic (exact) mass is 420 g/mol. The molecule has 158 valence electrons. The van der Waals surface area contributed by atoms with Crippen LogP contribution in [0.1, 0.15) is 26.3 Å². The third-order valence-corrected chi connectivity index (χ3v) is 4.47. The summed E-state index contributed by atoms with van der Waals surface area (Å²) in [5.41, 5.74) is 0.652. The Hall–Kier alpha value is -2.88. The van der Waals surface area contributed by atoms with Gasteiger partial charge in [-0.1, -0.05) is 11.8 Å². The summed E-state index contributed by atoms with van der Waals surface area (Å²) in [5, 5.41) is 8.53. The molecule has 0 aliphatic heterocycles. The molecular weight excluding hydrogens is 392 g/mol. The van der Waals surface area contributed by atoms with Gasteiger partial charge in [0.05, 0.1) is 4.91 Å². The van der Waals surface area contributed by atoms with Gasteiger partial charge in [0.15, 0.2) is 0 Å². The highest BCUT2D eigenvalue weighted by Crippen LogP contribution is 2.23. The highest BCUT2D eigenvalue weighted by Gasteiger charge is 2.18. The minimum atomic E-state index is -0.358. The number of nitrogens with one attached hydrogen (secondary N) is 3. The first-order valence-electron chi connectivity index (χ1n) is 9.07. The number of hydrogen-bond donors (Lipinski definition) is 3. The van der Waals surface area contributed by atoms with E-state index in [-0.39, 0.29) is 28.8 Å². The van der Waals surface area contributed by atoms with Crippen LogP contribution in [0.25, 0.3) is 0 Å². The smallest absolute Gasteiger partial charge is 0.320 e. The van der Waals surface area contributed by atoms with E-state index in [0.29, 0.717) is 23.0 Å². The number of aliphatic imine (C=N–C) groups is 1. The van der Waals surface area contributed by atoms with Crippen molar-refractivity contribution >= 4 is 40.5 Å². The Bertz CT molecular complexity index is 788. The summed E-state index contributed by atoms with van der Waals surface area (Å²) in [6, 6.07) is 2.95. The third kappa shape index (κ3) is 8.34. The zero-order valence-corrected chi connectivity index (χ0v) is 18.4. The predicted molar refractivity (Wildman–Crippen MR) is 117 cm³/mol. The van der Waals surface area contributed by atoms with Crippen molar-refractivity contribution in [1.82, 2.24) is 20.5 Å². The number of rotatable bonds is 7. The van der Waals surface area contributed by atoms with Gasteiger partial charge in [-0.25, -0.2) is 9.78 Å². The van der Waals surface area contributed by atoms with Crippen LogP contribution in [0.5, 0.6) is 0 Å². The summed E-state index contributed by atoms with van der Waals surface area (Å²) in [4.78, 5) is 46.3. The van der Waals surface area contributed by atoms with Gasteiger partial charge < -0.3 is 15.5 Å². The van der Waals surface area contributed by atoms with Gasteiger partial charge in [0.1, 0.15) is 10.9 Å². The highest BCUT2D eigenvalue weighted by atomic mass is 32.2. The lowest BCUT2D eigenvalue weighted by Crippen LogP contribution is -2.32. The molecular formula is C19H28N6O3S. The van der Waals surface area contributed by atoms with Crippen LogP contribution in [0.4, 0.5) is 10.6 Å². The molecule has 0 aliphatic carbocycles. The van der Waals surface area contributed by atoms with E-state index >= 15 is 0 Å². The first-order valence-corrected chi connectivity index (χ1v) is 9.89. The molecule has 0 saturated heterocycles. The fourth-order valence-corrected chi connectivity index (χ4v) is 2.82. The van der Waals surface area contributed by atoms with Crippen molar-refractivity contribution in [3.8, 4) is 0 Å². The number of carbonyl (C=O) groups is 3. The van der Waals surface area contributed by atoms with E-state index < -0.39 is 0 Å². The number of aromatic nitrogens is 1. The second-order valence-electron chi connectivity index (χ2n) is 6.42. The number of hydrogen-bond acceptors (Lipinski definition) is 6. The van der Waals surface area contributed by atoms with Crippen LogP contribution in [0.3, 0.4) is 0 Å². The van der Waals surface area contributed by atoms with Crippen LogP contribution in [0.2, 0.25) is 0 Å². The van der Waals surface area contributed by atoms with Crippen molar-refractivity contribution in [2.75, 3.05) is 33.0 Å². The molecule has 1 aromatic rings. The molecule has 10 heteroatoms. The largest absolute Gasteiger partial charge is 0.349 e. The summed E-state index contributed by atoms with van der Waals surface area (Å²) >= 11 is 1.08. The molecule has 4 amide bonds. The Labute approximate surface area is 175 Å². The summed E-state index contributed by atoms with van der Waals surface area (Å²) in [7, 11) is 4.82. The number of nitrogens with zero attached hydrogens (tertiary/aromatic N) is 3. The van der Waals surface area contributed by atoms with E-state index in [2.05, 4.69) is 25.9 Å². The van der Waals surface area contributed by atoms with Crippen LogP contribution >= 0.6 is 11.8 Å². The van der Waals surface area contributed by atoms with Crippen molar-refractivity contribution in [2.24, 2.45) is 4.99 Å². The van der Waals surface area contributed by atoms with Crippen molar-refractivity contribution < 1.29 is 14.4 Å². The Morgan fingerprint density at radius 1 is 1.28 bits per heavy atom. The minimum absolute atomic E-state index is 0.0794. The van der Waals surface area contributed by atoms with Gasteiger partial charge in [-0.3, -0.25) is 19.9 Å². The lowest BCUT2D eigenvalue weighted by Gasteiger charge is -2.14. The first kappa shape index (κ1) is 24.2. The molecule has 1 aromatic heterocycles. The molecule has 0 unspecified atom stereocenters. The van der Waals surface area contributed by atoms with Crippen molar-refractivity contribution in [3.05, 3.63) is 34.9 Å². The van der Waals surface area contributed by atoms with Crippen LogP contribution < -0.4 is 16.0 Å². The topological polar surface area (TPSA) is 116 Å². The average molecular weight is 421 g/mol.